The van der Waals surface area contributed by atoms with E-state index in [1.54, 1.807) is 0 Å². The standard InChI is InChI=1S/C3H6O2P/c1-3(4)2-6-5/h3-4H,1-2H2. The lowest BCUT2D eigenvalue weighted by atomic mass is 10.5. The van der Waals surface area contributed by atoms with Crippen molar-refractivity contribution in [2.45, 2.75) is 6.10 Å². The summed E-state index contributed by atoms with van der Waals surface area (Å²) in [5.41, 5.74) is 0. The summed E-state index contributed by atoms with van der Waals surface area (Å²) in [7, 11) is -0.0386. The highest BCUT2D eigenvalue weighted by Gasteiger charge is 1.89. The van der Waals surface area contributed by atoms with Gasteiger partial charge >= 0.3 is 0 Å². The van der Waals surface area contributed by atoms with Crippen LogP contribution in [0.25, 0.3) is 0 Å². The Bertz CT molecular complexity index is 44.1. The van der Waals surface area contributed by atoms with Crippen molar-refractivity contribution in [2.24, 2.45) is 0 Å². The van der Waals surface area contributed by atoms with E-state index in [-0.39, 0.29) is 14.6 Å². The van der Waals surface area contributed by atoms with Crippen LogP contribution in [0.1, 0.15) is 0 Å². The van der Waals surface area contributed by atoms with Gasteiger partial charge < -0.3 is 5.11 Å². The van der Waals surface area contributed by atoms with Gasteiger partial charge in [0.25, 0.3) is 0 Å². The molecule has 35 valence electrons. The first-order valence-electron chi connectivity index (χ1n) is 1.57. The van der Waals surface area contributed by atoms with Crippen molar-refractivity contribution in [3.63, 3.8) is 0 Å². The zero-order valence-electron chi connectivity index (χ0n) is 3.29. The molecule has 0 heterocycles. The van der Waals surface area contributed by atoms with Crippen LogP contribution in [0, 0.1) is 6.92 Å². The van der Waals surface area contributed by atoms with Gasteiger partial charge in [-0.25, -0.2) is 0 Å². The molecule has 3 heteroatoms. The maximum atomic E-state index is 9.51. The van der Waals surface area contributed by atoms with Gasteiger partial charge in [-0.3, -0.25) is 4.57 Å². The summed E-state index contributed by atoms with van der Waals surface area (Å²) < 4.78 is 9.51. The van der Waals surface area contributed by atoms with Crippen LogP contribution in [-0.4, -0.2) is 17.4 Å². The highest BCUT2D eigenvalue weighted by atomic mass is 31.1. The van der Waals surface area contributed by atoms with Gasteiger partial charge in [0.05, 0.1) is 12.3 Å². The summed E-state index contributed by atoms with van der Waals surface area (Å²) in [6.45, 7) is 3.18. The van der Waals surface area contributed by atoms with E-state index in [9.17, 15) is 4.57 Å². The molecule has 0 rings (SSSR count). The molecule has 0 bridgehead atoms. The number of aliphatic hydroxyl groups is 1. The lowest BCUT2D eigenvalue weighted by Crippen LogP contribution is -1.99. The predicted octanol–water partition coefficient (Wildman–Crippen LogP) is 0.473. The van der Waals surface area contributed by atoms with Crippen LogP contribution in [0.5, 0.6) is 0 Å². The topological polar surface area (TPSA) is 37.3 Å². The zero-order valence-corrected chi connectivity index (χ0v) is 4.19. The van der Waals surface area contributed by atoms with Crippen LogP contribution in [0.15, 0.2) is 0 Å². The van der Waals surface area contributed by atoms with Crippen LogP contribution in [-0.2, 0) is 4.57 Å². The Labute approximate surface area is 38.4 Å². The Morgan fingerprint density at radius 1 is 2.00 bits per heavy atom. The third-order valence-corrected chi connectivity index (χ3v) is 0.856. The summed E-state index contributed by atoms with van der Waals surface area (Å²) in [6, 6.07) is 0. The van der Waals surface area contributed by atoms with Crippen molar-refractivity contribution in [1.29, 1.82) is 0 Å². The van der Waals surface area contributed by atoms with Crippen molar-refractivity contribution in [3.05, 3.63) is 6.92 Å². The number of rotatable bonds is 2. The summed E-state index contributed by atoms with van der Waals surface area (Å²) in [4.78, 5) is 0. The van der Waals surface area contributed by atoms with E-state index < -0.39 is 6.10 Å². The minimum Gasteiger partial charge on any atom is -0.392 e. The lowest BCUT2D eigenvalue weighted by Gasteiger charge is -1.88. The van der Waals surface area contributed by atoms with Crippen molar-refractivity contribution in [1.82, 2.24) is 0 Å². The van der Waals surface area contributed by atoms with E-state index in [4.69, 9.17) is 5.11 Å². The summed E-state index contributed by atoms with van der Waals surface area (Å²) in [5, 5.41) is 8.23. The SMILES string of the molecule is [CH2]C(O)CP=O. The molecule has 0 saturated heterocycles. The van der Waals surface area contributed by atoms with Gasteiger partial charge in [0.1, 0.15) is 0 Å². The molecular weight excluding hydrogens is 99.0 g/mol. The molecule has 0 spiro atoms. The zero-order chi connectivity index (χ0) is 4.99. The Hall–Kier alpha value is 0.0600. The van der Waals surface area contributed by atoms with Crippen molar-refractivity contribution in [2.75, 3.05) is 6.16 Å². The lowest BCUT2D eigenvalue weighted by molar-refractivity contribution is 0.245. The van der Waals surface area contributed by atoms with Gasteiger partial charge in [-0.1, -0.05) is 0 Å². The molecule has 1 radical (unpaired) electrons. The molecule has 0 amide bonds. The van der Waals surface area contributed by atoms with Crippen molar-refractivity contribution in [3.8, 4) is 0 Å². The average Bonchev–Trinajstić information content (AvgIpc) is 1.35. The summed E-state index contributed by atoms with van der Waals surface area (Å²) in [6.07, 6.45) is -0.441. The van der Waals surface area contributed by atoms with Crippen molar-refractivity contribution < 1.29 is 9.67 Å². The smallest absolute Gasteiger partial charge is 0.157 e. The second-order valence-corrected chi connectivity index (χ2v) is 1.59. The van der Waals surface area contributed by atoms with Gasteiger partial charge in [0, 0.05) is 0 Å². The molecule has 0 aromatic heterocycles. The van der Waals surface area contributed by atoms with E-state index in [0.717, 1.165) is 0 Å². The Morgan fingerprint density at radius 3 is 2.50 bits per heavy atom. The van der Waals surface area contributed by atoms with E-state index in [1.165, 1.54) is 0 Å². The van der Waals surface area contributed by atoms with E-state index in [0.29, 0.717) is 0 Å². The molecule has 0 fully saturated rings. The fraction of sp³-hybridized carbons (Fsp3) is 0.667. The van der Waals surface area contributed by atoms with Crippen LogP contribution >= 0.6 is 8.46 Å². The molecule has 6 heavy (non-hydrogen) atoms. The molecule has 0 aromatic rings. The van der Waals surface area contributed by atoms with Crippen LogP contribution in [0.2, 0.25) is 0 Å². The molecule has 2 nitrogen and oxygen atoms in total. The van der Waals surface area contributed by atoms with E-state index >= 15 is 0 Å². The second-order valence-electron chi connectivity index (χ2n) is 0.965. The number of hydrogen-bond acceptors (Lipinski definition) is 2. The quantitative estimate of drug-likeness (QED) is 0.518. The Morgan fingerprint density at radius 2 is 2.50 bits per heavy atom. The largest absolute Gasteiger partial charge is 0.392 e. The highest BCUT2D eigenvalue weighted by molar-refractivity contribution is 7.23. The molecule has 0 aromatic carbocycles. The molecule has 1 atom stereocenters. The first-order chi connectivity index (χ1) is 2.77. The second kappa shape index (κ2) is 3.26. The van der Waals surface area contributed by atoms with Gasteiger partial charge in [0.15, 0.2) is 8.46 Å². The Kier molecular flexibility index (Phi) is 3.29. The average molecular weight is 105 g/mol. The number of hydrogen-bond donors (Lipinski definition) is 1. The van der Waals surface area contributed by atoms with Gasteiger partial charge in [0.2, 0.25) is 0 Å². The van der Waals surface area contributed by atoms with Gasteiger partial charge in [-0.2, -0.15) is 0 Å². The molecule has 0 saturated carbocycles. The van der Waals surface area contributed by atoms with E-state index in [1.807, 2.05) is 0 Å². The predicted molar refractivity (Wildman–Crippen MR) is 23.8 cm³/mol. The third-order valence-electron chi connectivity index (χ3n) is 0.285. The summed E-state index contributed by atoms with van der Waals surface area (Å²) >= 11 is 0. The minimum absolute atomic E-state index is 0.0386. The van der Waals surface area contributed by atoms with Gasteiger partial charge in [-0.05, 0) is 6.92 Å². The van der Waals surface area contributed by atoms with Crippen molar-refractivity contribution >= 4 is 8.46 Å². The summed E-state index contributed by atoms with van der Waals surface area (Å²) in [5.74, 6) is 0. The molecule has 0 aliphatic carbocycles. The number of aliphatic hydroxyl groups excluding tert-OH is 1. The molecule has 1 N–H and O–H groups in total. The highest BCUT2D eigenvalue weighted by Crippen LogP contribution is 1.92. The molecular formula is C3H6O2P. The molecule has 0 aliphatic rings. The monoisotopic (exact) mass is 105 g/mol. The van der Waals surface area contributed by atoms with Crippen LogP contribution < -0.4 is 0 Å². The maximum absolute atomic E-state index is 9.51. The first kappa shape index (κ1) is 6.06. The molecule has 1 unspecified atom stereocenters. The van der Waals surface area contributed by atoms with Crippen LogP contribution in [0.3, 0.4) is 0 Å². The minimum atomic E-state index is -0.677. The normalized spacial score (nSPS) is 15.0. The maximum Gasteiger partial charge on any atom is 0.157 e. The van der Waals surface area contributed by atoms with E-state index in [2.05, 4.69) is 6.92 Å². The van der Waals surface area contributed by atoms with Crippen LogP contribution in [0.4, 0.5) is 0 Å². The fourth-order valence-electron chi connectivity index (χ4n) is 0.0860. The first-order valence-corrected chi connectivity index (χ1v) is 2.57. The Balaban J connectivity index is 2.81. The third kappa shape index (κ3) is 4.06. The van der Waals surface area contributed by atoms with Gasteiger partial charge in [-0.15, -0.1) is 0 Å². The molecule has 0 aliphatic heterocycles. The fourth-order valence-corrected chi connectivity index (χ4v) is 0.258.